The fourth-order valence-electron chi connectivity index (χ4n) is 2.47. The van der Waals surface area contributed by atoms with Gasteiger partial charge in [-0.15, -0.1) is 0 Å². The van der Waals surface area contributed by atoms with Crippen LogP contribution in [0.5, 0.6) is 0 Å². The van der Waals surface area contributed by atoms with Gasteiger partial charge >= 0.3 is 0 Å². The normalized spacial score (nSPS) is 22.1. The minimum absolute atomic E-state index is 0.454. The molecular formula is C12H17N5. The molecule has 2 aromatic rings. The number of anilines is 1. The quantitative estimate of drug-likeness (QED) is 0.799. The first kappa shape index (κ1) is 10.5. The van der Waals surface area contributed by atoms with Crippen LogP contribution in [0.25, 0.3) is 5.65 Å². The lowest BCUT2D eigenvalue weighted by molar-refractivity contribution is 0.246. The summed E-state index contributed by atoms with van der Waals surface area (Å²) in [6.45, 7) is 2.23. The van der Waals surface area contributed by atoms with Crippen molar-refractivity contribution in [3.8, 4) is 0 Å². The molecule has 17 heavy (non-hydrogen) atoms. The smallest absolute Gasteiger partial charge is 0.156 e. The Morgan fingerprint density at radius 2 is 2.29 bits per heavy atom. The molecule has 1 aliphatic heterocycles. The molecule has 0 radical (unpaired) electrons. The van der Waals surface area contributed by atoms with Gasteiger partial charge in [0.05, 0.1) is 11.9 Å². The van der Waals surface area contributed by atoms with Gasteiger partial charge in [0.1, 0.15) is 0 Å². The van der Waals surface area contributed by atoms with E-state index in [2.05, 4.69) is 22.0 Å². The van der Waals surface area contributed by atoms with Crippen LogP contribution in [0.4, 0.5) is 5.69 Å². The molecule has 3 heterocycles. The Morgan fingerprint density at radius 1 is 1.41 bits per heavy atom. The molecule has 1 fully saturated rings. The maximum absolute atomic E-state index is 5.74. The van der Waals surface area contributed by atoms with Crippen molar-refractivity contribution in [3.05, 3.63) is 24.2 Å². The predicted octanol–water partition coefficient (Wildman–Crippen LogP) is 1.12. The highest BCUT2D eigenvalue weighted by atomic mass is 15.3. The molecule has 1 saturated heterocycles. The number of fused-ring (bicyclic) bond motifs is 1. The predicted molar refractivity (Wildman–Crippen MR) is 66.9 cm³/mol. The minimum Gasteiger partial charge on any atom is -0.397 e. The van der Waals surface area contributed by atoms with Crippen LogP contribution in [0.1, 0.15) is 24.6 Å². The number of nitrogens with zero attached hydrogens (tertiary/aromatic N) is 4. The third-order valence-electron chi connectivity index (χ3n) is 3.36. The van der Waals surface area contributed by atoms with Crippen molar-refractivity contribution in [1.82, 2.24) is 19.5 Å². The van der Waals surface area contributed by atoms with Crippen LogP contribution >= 0.6 is 0 Å². The number of rotatable bonds is 1. The van der Waals surface area contributed by atoms with Gasteiger partial charge in [-0.25, -0.2) is 9.50 Å². The topological polar surface area (TPSA) is 59.5 Å². The second kappa shape index (κ2) is 4.00. The third-order valence-corrected chi connectivity index (χ3v) is 3.36. The Bertz CT molecular complexity index is 533. The van der Waals surface area contributed by atoms with E-state index in [9.17, 15) is 0 Å². The number of piperidine rings is 1. The van der Waals surface area contributed by atoms with Crippen LogP contribution in [0.3, 0.4) is 0 Å². The molecule has 1 aliphatic rings. The molecule has 5 nitrogen and oxygen atoms in total. The van der Waals surface area contributed by atoms with E-state index in [-0.39, 0.29) is 0 Å². The van der Waals surface area contributed by atoms with Gasteiger partial charge in [-0.3, -0.25) is 0 Å². The molecule has 0 amide bonds. The average molecular weight is 231 g/mol. The molecular weight excluding hydrogens is 214 g/mol. The van der Waals surface area contributed by atoms with Crippen LogP contribution in [-0.2, 0) is 0 Å². The van der Waals surface area contributed by atoms with Crippen molar-refractivity contribution < 1.29 is 0 Å². The van der Waals surface area contributed by atoms with E-state index in [4.69, 9.17) is 5.73 Å². The number of pyridine rings is 1. The van der Waals surface area contributed by atoms with E-state index >= 15 is 0 Å². The van der Waals surface area contributed by atoms with Gasteiger partial charge in [-0.2, -0.15) is 5.10 Å². The number of aromatic nitrogens is 3. The standard InChI is InChI=1S/C12H17N5/c1-16-6-2-3-9(7-16)12-14-11-5-4-10(13)8-17(11)15-12/h4-5,8-9H,2-3,6-7,13H2,1H3. The molecule has 2 aromatic heterocycles. The van der Waals surface area contributed by atoms with E-state index in [1.54, 1.807) is 4.52 Å². The molecule has 90 valence electrons. The van der Waals surface area contributed by atoms with Crippen LogP contribution in [-0.4, -0.2) is 39.6 Å². The van der Waals surface area contributed by atoms with Gasteiger partial charge in [-0.1, -0.05) is 0 Å². The molecule has 0 aromatic carbocycles. The van der Waals surface area contributed by atoms with Crippen molar-refractivity contribution in [2.24, 2.45) is 0 Å². The lowest BCUT2D eigenvalue weighted by atomic mass is 9.98. The Morgan fingerprint density at radius 3 is 3.12 bits per heavy atom. The Hall–Kier alpha value is -1.62. The largest absolute Gasteiger partial charge is 0.397 e. The second-order valence-corrected chi connectivity index (χ2v) is 4.84. The number of likely N-dealkylation sites (tertiary alicyclic amines) is 1. The van der Waals surface area contributed by atoms with E-state index in [1.165, 1.54) is 19.4 Å². The molecule has 0 saturated carbocycles. The zero-order valence-corrected chi connectivity index (χ0v) is 10.0. The van der Waals surface area contributed by atoms with Crippen molar-refractivity contribution in [1.29, 1.82) is 0 Å². The highest BCUT2D eigenvalue weighted by Gasteiger charge is 2.22. The van der Waals surface area contributed by atoms with Gasteiger partial charge in [0.15, 0.2) is 11.5 Å². The first-order valence-electron chi connectivity index (χ1n) is 6.03. The molecule has 2 N–H and O–H groups in total. The molecule has 1 atom stereocenters. The fourth-order valence-corrected chi connectivity index (χ4v) is 2.47. The summed E-state index contributed by atoms with van der Waals surface area (Å²) in [6, 6.07) is 3.78. The number of hydrogen-bond acceptors (Lipinski definition) is 4. The molecule has 0 aliphatic carbocycles. The first-order valence-corrected chi connectivity index (χ1v) is 6.03. The lowest BCUT2D eigenvalue weighted by Crippen LogP contribution is -2.31. The third kappa shape index (κ3) is 1.98. The number of likely N-dealkylation sites (N-methyl/N-ethyl adjacent to an activating group) is 1. The zero-order valence-electron chi connectivity index (χ0n) is 10.0. The van der Waals surface area contributed by atoms with Crippen LogP contribution < -0.4 is 5.73 Å². The summed E-state index contributed by atoms with van der Waals surface area (Å²) >= 11 is 0. The summed E-state index contributed by atoms with van der Waals surface area (Å²) in [5, 5.41) is 4.53. The molecule has 0 spiro atoms. The van der Waals surface area contributed by atoms with Crippen molar-refractivity contribution >= 4 is 11.3 Å². The average Bonchev–Trinajstić information content (AvgIpc) is 2.72. The zero-order chi connectivity index (χ0) is 11.8. The highest BCUT2D eigenvalue weighted by molar-refractivity contribution is 5.46. The number of nitrogen functional groups attached to an aromatic ring is 1. The monoisotopic (exact) mass is 231 g/mol. The molecule has 0 bridgehead atoms. The molecule has 1 unspecified atom stereocenters. The van der Waals surface area contributed by atoms with Crippen molar-refractivity contribution in [3.63, 3.8) is 0 Å². The van der Waals surface area contributed by atoms with E-state index < -0.39 is 0 Å². The van der Waals surface area contributed by atoms with E-state index in [0.29, 0.717) is 5.92 Å². The van der Waals surface area contributed by atoms with Gasteiger partial charge in [0, 0.05) is 12.5 Å². The molecule has 3 rings (SSSR count). The van der Waals surface area contributed by atoms with Gasteiger partial charge in [-0.05, 0) is 38.6 Å². The van der Waals surface area contributed by atoms with Crippen molar-refractivity contribution in [2.45, 2.75) is 18.8 Å². The summed E-state index contributed by atoms with van der Waals surface area (Å²) in [5.74, 6) is 1.40. The summed E-state index contributed by atoms with van der Waals surface area (Å²) in [5.41, 5.74) is 7.33. The second-order valence-electron chi connectivity index (χ2n) is 4.84. The molecule has 5 heteroatoms. The fraction of sp³-hybridized carbons (Fsp3) is 0.500. The summed E-state index contributed by atoms with van der Waals surface area (Å²) in [4.78, 5) is 6.92. The number of nitrogens with two attached hydrogens (primary N) is 1. The van der Waals surface area contributed by atoms with Gasteiger partial charge in [0.25, 0.3) is 0 Å². The lowest BCUT2D eigenvalue weighted by Gasteiger charge is -2.27. The minimum atomic E-state index is 0.454. The maximum atomic E-state index is 5.74. The van der Waals surface area contributed by atoms with Gasteiger partial charge < -0.3 is 10.6 Å². The number of hydrogen-bond donors (Lipinski definition) is 1. The highest BCUT2D eigenvalue weighted by Crippen LogP contribution is 2.24. The van der Waals surface area contributed by atoms with Crippen molar-refractivity contribution in [2.75, 3.05) is 25.9 Å². The van der Waals surface area contributed by atoms with Crippen LogP contribution in [0.15, 0.2) is 18.3 Å². The SMILES string of the molecule is CN1CCCC(c2nc3ccc(N)cn3n2)C1. The Kier molecular flexibility index (Phi) is 2.48. The Labute approximate surface area is 100 Å². The van der Waals surface area contributed by atoms with Crippen LogP contribution in [0, 0.1) is 0 Å². The maximum Gasteiger partial charge on any atom is 0.156 e. The first-order chi connectivity index (χ1) is 8.22. The van der Waals surface area contributed by atoms with Crippen LogP contribution in [0.2, 0.25) is 0 Å². The van der Waals surface area contributed by atoms with E-state index in [0.717, 1.165) is 23.7 Å². The van der Waals surface area contributed by atoms with E-state index in [1.807, 2.05) is 18.3 Å². The summed E-state index contributed by atoms with van der Waals surface area (Å²) in [6.07, 6.45) is 4.22. The summed E-state index contributed by atoms with van der Waals surface area (Å²) in [7, 11) is 2.15. The Balaban J connectivity index is 1.94. The van der Waals surface area contributed by atoms with Gasteiger partial charge in [0.2, 0.25) is 0 Å². The summed E-state index contributed by atoms with van der Waals surface area (Å²) < 4.78 is 1.78.